The number of nitrogens with zero attached hydrogens (tertiary/aromatic N) is 2. The highest BCUT2D eigenvalue weighted by molar-refractivity contribution is 6.20. The summed E-state index contributed by atoms with van der Waals surface area (Å²) >= 11 is 0. The van der Waals surface area contributed by atoms with Gasteiger partial charge in [-0.3, -0.25) is 0 Å². The lowest BCUT2D eigenvalue weighted by atomic mass is 10.3. The lowest BCUT2D eigenvalue weighted by molar-refractivity contribution is 0.452. The van der Waals surface area contributed by atoms with E-state index < -0.39 is 11.9 Å². The number of rotatable bonds is 4. The summed E-state index contributed by atoms with van der Waals surface area (Å²) in [7, 11) is -0.0966. The average Bonchev–Trinajstić information content (AvgIpc) is 2.34. The summed E-state index contributed by atoms with van der Waals surface area (Å²) < 4.78 is 35.2. The largest absolute Gasteiger partial charge is 0.576 e. The Labute approximate surface area is 96.5 Å². The Bertz CT molecular complexity index is 433. The topological polar surface area (TPSA) is 44.2 Å². The van der Waals surface area contributed by atoms with Crippen LogP contribution in [0.3, 0.4) is 0 Å². The molecule has 0 unspecified atom stereocenters. The van der Waals surface area contributed by atoms with Crippen LogP contribution < -0.4 is 9.31 Å². The first kappa shape index (κ1) is 11.3. The van der Waals surface area contributed by atoms with Crippen molar-refractivity contribution in [1.29, 1.82) is 0 Å². The summed E-state index contributed by atoms with van der Waals surface area (Å²) in [5.41, 5.74) is 0. The Morgan fingerprint density at radius 3 is 1.65 bits per heavy atom. The molecule has 0 amide bonds. The van der Waals surface area contributed by atoms with Crippen LogP contribution in [0.4, 0.5) is 8.78 Å². The fourth-order valence-electron chi connectivity index (χ4n) is 1.06. The molecule has 2 heterocycles. The highest BCUT2D eigenvalue weighted by Crippen LogP contribution is 2.10. The lowest BCUT2D eigenvalue weighted by Crippen LogP contribution is -2.11. The molecule has 0 aliphatic carbocycles. The Morgan fingerprint density at radius 2 is 1.29 bits per heavy atom. The first-order valence-corrected chi connectivity index (χ1v) is 4.73. The minimum absolute atomic E-state index is 0.0966. The summed E-state index contributed by atoms with van der Waals surface area (Å²) in [4.78, 5) is 6.81. The fourth-order valence-corrected chi connectivity index (χ4v) is 1.06. The Kier molecular flexibility index (Phi) is 3.49. The van der Waals surface area contributed by atoms with E-state index in [0.717, 1.165) is 0 Å². The summed E-state index contributed by atoms with van der Waals surface area (Å²) in [6.07, 6.45) is 2.48. The van der Waals surface area contributed by atoms with Crippen LogP contribution in [0.25, 0.3) is 0 Å². The molecule has 0 aliphatic heterocycles. The van der Waals surface area contributed by atoms with E-state index in [2.05, 4.69) is 9.97 Å². The van der Waals surface area contributed by atoms with Crippen molar-refractivity contribution in [2.24, 2.45) is 0 Å². The second-order valence-corrected chi connectivity index (χ2v) is 3.04. The summed E-state index contributed by atoms with van der Waals surface area (Å²) in [5, 5.41) is 0. The summed E-state index contributed by atoms with van der Waals surface area (Å²) in [6, 6.07) is 5.20. The number of hydrogen-bond acceptors (Lipinski definition) is 4. The molecule has 0 bridgehead atoms. The van der Waals surface area contributed by atoms with Crippen molar-refractivity contribution in [2.45, 2.75) is 0 Å². The molecule has 86 valence electrons. The van der Waals surface area contributed by atoms with Gasteiger partial charge < -0.3 is 9.31 Å². The van der Waals surface area contributed by atoms with Crippen LogP contribution in [0.5, 0.6) is 11.5 Å². The van der Waals surface area contributed by atoms with Crippen molar-refractivity contribution in [3.63, 3.8) is 0 Å². The van der Waals surface area contributed by atoms with Crippen molar-refractivity contribution in [3.8, 4) is 11.5 Å². The molecule has 0 atom stereocenters. The maximum atomic E-state index is 12.5. The molecule has 0 fully saturated rings. The highest BCUT2D eigenvalue weighted by Gasteiger charge is 2.01. The van der Waals surface area contributed by atoms with Gasteiger partial charge in [-0.1, -0.05) is 0 Å². The molecule has 7 heteroatoms. The fraction of sp³-hybridized carbons (Fsp3) is 0. The summed E-state index contributed by atoms with van der Waals surface area (Å²) in [6.45, 7) is 0. The standard InChI is InChI=1S/C10H7BF2N2O2/c12-9-3-1-7(5-14-9)16-11-17-8-2-4-10(13)15-6-8/h1-6,11H. The van der Waals surface area contributed by atoms with E-state index >= 15 is 0 Å². The van der Waals surface area contributed by atoms with Gasteiger partial charge in [0, 0.05) is 0 Å². The quantitative estimate of drug-likeness (QED) is 0.595. The van der Waals surface area contributed by atoms with Crippen LogP contribution >= 0.6 is 0 Å². The van der Waals surface area contributed by atoms with Crippen LogP contribution in [-0.4, -0.2) is 17.7 Å². The Morgan fingerprint density at radius 1 is 0.824 bits per heavy atom. The van der Waals surface area contributed by atoms with Gasteiger partial charge in [0.25, 0.3) is 0 Å². The molecule has 2 rings (SSSR count). The number of aromatic nitrogens is 2. The van der Waals surface area contributed by atoms with E-state index in [1.165, 1.54) is 36.7 Å². The van der Waals surface area contributed by atoms with Gasteiger partial charge in [0.2, 0.25) is 11.9 Å². The minimum atomic E-state index is -0.582. The first-order chi connectivity index (χ1) is 8.24. The van der Waals surface area contributed by atoms with Gasteiger partial charge in [0.1, 0.15) is 11.5 Å². The molecule has 0 saturated heterocycles. The molecule has 2 aromatic rings. The maximum Gasteiger partial charge on any atom is 0.576 e. The Hall–Kier alpha value is -2.18. The minimum Gasteiger partial charge on any atom is -0.527 e. The molecule has 0 aromatic carbocycles. The molecule has 0 N–H and O–H groups in total. The molecular formula is C10H7BF2N2O2. The molecule has 0 spiro atoms. The van der Waals surface area contributed by atoms with E-state index in [1.807, 2.05) is 0 Å². The van der Waals surface area contributed by atoms with Crippen LogP contribution in [0.15, 0.2) is 36.7 Å². The zero-order valence-corrected chi connectivity index (χ0v) is 8.64. The molecule has 2 aromatic heterocycles. The van der Waals surface area contributed by atoms with Crippen molar-refractivity contribution < 1.29 is 18.1 Å². The van der Waals surface area contributed by atoms with Gasteiger partial charge in [-0.25, -0.2) is 9.97 Å². The number of pyridine rings is 2. The van der Waals surface area contributed by atoms with E-state index in [-0.39, 0.29) is 7.69 Å². The molecular weight excluding hydrogens is 229 g/mol. The number of hydrogen-bond donors (Lipinski definition) is 0. The molecule has 4 nitrogen and oxygen atoms in total. The van der Waals surface area contributed by atoms with Crippen LogP contribution in [-0.2, 0) is 0 Å². The van der Waals surface area contributed by atoms with Gasteiger partial charge >= 0.3 is 7.69 Å². The van der Waals surface area contributed by atoms with Gasteiger partial charge in [0.05, 0.1) is 12.4 Å². The molecule has 17 heavy (non-hydrogen) atoms. The zero-order valence-electron chi connectivity index (χ0n) is 8.64. The third-order valence-electron chi connectivity index (χ3n) is 1.85. The third kappa shape index (κ3) is 3.41. The smallest absolute Gasteiger partial charge is 0.527 e. The monoisotopic (exact) mass is 236 g/mol. The zero-order chi connectivity index (χ0) is 12.1. The maximum absolute atomic E-state index is 12.5. The summed E-state index contributed by atoms with van der Waals surface area (Å²) in [5.74, 6) is -0.412. The SMILES string of the molecule is Fc1ccc(OBOc2ccc(F)nc2)cn1. The second-order valence-electron chi connectivity index (χ2n) is 3.04. The predicted octanol–water partition coefficient (Wildman–Crippen LogP) is 1.48. The molecule has 0 saturated carbocycles. The van der Waals surface area contributed by atoms with E-state index in [1.54, 1.807) is 0 Å². The van der Waals surface area contributed by atoms with E-state index in [4.69, 9.17) is 9.31 Å². The van der Waals surface area contributed by atoms with Crippen LogP contribution in [0, 0.1) is 11.9 Å². The van der Waals surface area contributed by atoms with E-state index in [0.29, 0.717) is 11.5 Å². The van der Waals surface area contributed by atoms with Gasteiger partial charge in [-0.15, -0.1) is 0 Å². The molecule has 0 radical (unpaired) electrons. The lowest BCUT2D eigenvalue weighted by Gasteiger charge is -2.06. The van der Waals surface area contributed by atoms with Crippen LogP contribution in [0.2, 0.25) is 0 Å². The predicted molar refractivity (Wildman–Crippen MR) is 56.8 cm³/mol. The highest BCUT2D eigenvalue weighted by atomic mass is 19.1. The van der Waals surface area contributed by atoms with E-state index in [9.17, 15) is 8.78 Å². The normalized spacial score (nSPS) is 9.76. The van der Waals surface area contributed by atoms with Gasteiger partial charge in [0.15, 0.2) is 0 Å². The van der Waals surface area contributed by atoms with Crippen molar-refractivity contribution in [2.75, 3.05) is 0 Å². The second kappa shape index (κ2) is 5.24. The third-order valence-corrected chi connectivity index (χ3v) is 1.85. The van der Waals surface area contributed by atoms with Crippen molar-refractivity contribution >= 4 is 7.69 Å². The number of halogens is 2. The average molecular weight is 236 g/mol. The van der Waals surface area contributed by atoms with Crippen molar-refractivity contribution in [1.82, 2.24) is 9.97 Å². The van der Waals surface area contributed by atoms with Crippen LogP contribution in [0.1, 0.15) is 0 Å². The first-order valence-electron chi connectivity index (χ1n) is 4.73. The van der Waals surface area contributed by atoms with Gasteiger partial charge in [-0.05, 0) is 24.3 Å². The Balaban J connectivity index is 1.83. The van der Waals surface area contributed by atoms with Crippen molar-refractivity contribution in [3.05, 3.63) is 48.6 Å². The molecule has 0 aliphatic rings. The van der Waals surface area contributed by atoms with Gasteiger partial charge in [-0.2, -0.15) is 8.78 Å².